The Bertz CT molecular complexity index is 286. The number of hydrogen-bond acceptors (Lipinski definition) is 2. The third-order valence-corrected chi connectivity index (χ3v) is 3.84. The molecule has 1 aliphatic rings. The highest BCUT2D eigenvalue weighted by atomic mass is 32.2. The number of thioether (sulfide) groups is 1. The smallest absolute Gasteiger partial charge is 0.0148 e. The molecule has 0 fully saturated rings. The fourth-order valence-electron chi connectivity index (χ4n) is 2.18. The van der Waals surface area contributed by atoms with E-state index in [9.17, 15) is 0 Å². The van der Waals surface area contributed by atoms with Gasteiger partial charge in [0.15, 0.2) is 0 Å². The van der Waals surface area contributed by atoms with Crippen LogP contribution in [0.15, 0.2) is 24.3 Å². The zero-order chi connectivity index (χ0) is 10.5. The summed E-state index contributed by atoms with van der Waals surface area (Å²) in [6.07, 6.45) is 2.43. The molecule has 0 saturated heterocycles. The summed E-state index contributed by atoms with van der Waals surface area (Å²) in [7, 11) is 0. The summed E-state index contributed by atoms with van der Waals surface area (Å²) in [5.41, 5.74) is 3.08. The van der Waals surface area contributed by atoms with Crippen LogP contribution in [0.1, 0.15) is 18.1 Å². The van der Waals surface area contributed by atoms with Crippen molar-refractivity contribution in [1.29, 1.82) is 0 Å². The van der Waals surface area contributed by atoms with Crippen LogP contribution >= 0.6 is 11.8 Å². The summed E-state index contributed by atoms with van der Waals surface area (Å²) < 4.78 is 0. The Morgan fingerprint density at radius 2 is 1.93 bits per heavy atom. The molecule has 0 bridgehead atoms. The van der Waals surface area contributed by atoms with Crippen LogP contribution in [0.25, 0.3) is 0 Å². The van der Waals surface area contributed by atoms with Gasteiger partial charge in [-0.25, -0.2) is 0 Å². The lowest BCUT2D eigenvalue weighted by molar-refractivity contribution is 0.554. The summed E-state index contributed by atoms with van der Waals surface area (Å²) in [5.74, 6) is 2.47. The lowest BCUT2D eigenvalue weighted by atomic mass is 10.1. The minimum atomic E-state index is 0.680. The fourth-order valence-corrected chi connectivity index (χ4v) is 2.73. The first-order chi connectivity index (χ1) is 7.40. The molecule has 2 rings (SSSR count). The first-order valence-electron chi connectivity index (χ1n) is 5.78. The maximum atomic E-state index is 3.64. The highest BCUT2D eigenvalue weighted by Gasteiger charge is 2.19. The van der Waals surface area contributed by atoms with Crippen LogP contribution in [0.5, 0.6) is 0 Å². The highest BCUT2D eigenvalue weighted by molar-refractivity contribution is 7.99. The van der Waals surface area contributed by atoms with Crippen molar-refractivity contribution in [2.75, 3.05) is 18.1 Å². The third kappa shape index (κ3) is 2.99. The van der Waals surface area contributed by atoms with Crippen LogP contribution in [0.4, 0.5) is 0 Å². The summed E-state index contributed by atoms with van der Waals surface area (Å²) in [6, 6.07) is 9.50. The molecule has 0 radical (unpaired) electrons. The molecule has 0 heterocycles. The van der Waals surface area contributed by atoms with Gasteiger partial charge in [0.1, 0.15) is 0 Å². The van der Waals surface area contributed by atoms with Gasteiger partial charge in [-0.3, -0.25) is 0 Å². The Kier molecular flexibility index (Phi) is 4.09. The van der Waals surface area contributed by atoms with E-state index in [1.165, 1.54) is 35.5 Å². The second-order valence-electron chi connectivity index (χ2n) is 4.02. The van der Waals surface area contributed by atoms with Crippen LogP contribution in [0, 0.1) is 0 Å². The van der Waals surface area contributed by atoms with Gasteiger partial charge in [-0.1, -0.05) is 31.2 Å². The van der Waals surface area contributed by atoms with E-state index in [4.69, 9.17) is 0 Å². The molecule has 0 amide bonds. The van der Waals surface area contributed by atoms with Crippen molar-refractivity contribution in [2.45, 2.75) is 25.8 Å². The zero-order valence-corrected chi connectivity index (χ0v) is 10.1. The van der Waals surface area contributed by atoms with Crippen LogP contribution in [0.3, 0.4) is 0 Å². The lowest BCUT2D eigenvalue weighted by Crippen LogP contribution is -2.31. The third-order valence-electron chi connectivity index (χ3n) is 2.93. The summed E-state index contributed by atoms with van der Waals surface area (Å²) in [4.78, 5) is 0. The summed E-state index contributed by atoms with van der Waals surface area (Å²) >= 11 is 2.01. The van der Waals surface area contributed by atoms with Crippen molar-refractivity contribution >= 4 is 11.8 Å². The second-order valence-corrected chi connectivity index (χ2v) is 5.42. The topological polar surface area (TPSA) is 12.0 Å². The Hall–Kier alpha value is -0.470. The fraction of sp³-hybridized carbons (Fsp3) is 0.538. The number of rotatable bonds is 5. The number of benzene rings is 1. The van der Waals surface area contributed by atoms with Gasteiger partial charge in [0.05, 0.1) is 0 Å². The Labute approximate surface area is 96.7 Å². The number of fused-ring (bicyclic) bond motifs is 1. The van der Waals surface area contributed by atoms with Gasteiger partial charge < -0.3 is 5.32 Å². The molecule has 1 aromatic carbocycles. The maximum Gasteiger partial charge on any atom is 0.0148 e. The minimum Gasteiger partial charge on any atom is -0.312 e. The Morgan fingerprint density at radius 3 is 2.53 bits per heavy atom. The lowest BCUT2D eigenvalue weighted by Gasteiger charge is -2.10. The van der Waals surface area contributed by atoms with E-state index in [1.807, 2.05) is 11.8 Å². The highest BCUT2D eigenvalue weighted by Crippen LogP contribution is 2.21. The van der Waals surface area contributed by atoms with Crippen molar-refractivity contribution in [3.63, 3.8) is 0 Å². The molecular formula is C13H19NS. The van der Waals surface area contributed by atoms with E-state index in [-0.39, 0.29) is 0 Å². The van der Waals surface area contributed by atoms with Gasteiger partial charge in [-0.15, -0.1) is 0 Å². The predicted octanol–water partition coefficient (Wildman–Crippen LogP) is 2.50. The largest absolute Gasteiger partial charge is 0.312 e. The molecule has 15 heavy (non-hydrogen) atoms. The van der Waals surface area contributed by atoms with E-state index in [0.29, 0.717) is 6.04 Å². The average molecular weight is 221 g/mol. The quantitative estimate of drug-likeness (QED) is 0.767. The van der Waals surface area contributed by atoms with Crippen LogP contribution in [0.2, 0.25) is 0 Å². The van der Waals surface area contributed by atoms with Gasteiger partial charge in [-0.2, -0.15) is 11.8 Å². The summed E-state index contributed by atoms with van der Waals surface area (Å²) in [5, 5.41) is 3.64. The van der Waals surface area contributed by atoms with Gasteiger partial charge in [0.25, 0.3) is 0 Å². The van der Waals surface area contributed by atoms with Gasteiger partial charge in [0.2, 0.25) is 0 Å². The van der Waals surface area contributed by atoms with Crippen molar-refractivity contribution in [2.24, 2.45) is 0 Å². The summed E-state index contributed by atoms with van der Waals surface area (Å²) in [6.45, 7) is 3.37. The molecule has 1 aliphatic carbocycles. The zero-order valence-electron chi connectivity index (χ0n) is 9.33. The maximum absolute atomic E-state index is 3.64. The first kappa shape index (κ1) is 11.0. The molecule has 0 unspecified atom stereocenters. The van der Waals surface area contributed by atoms with E-state index in [0.717, 1.165) is 6.54 Å². The SMILES string of the molecule is CCSCCNC1Cc2ccccc2C1. The predicted molar refractivity (Wildman–Crippen MR) is 68.6 cm³/mol. The van der Waals surface area contributed by atoms with Crippen molar-refractivity contribution < 1.29 is 0 Å². The van der Waals surface area contributed by atoms with Gasteiger partial charge in [-0.05, 0) is 29.7 Å². The normalized spacial score (nSPS) is 15.5. The molecule has 0 spiro atoms. The van der Waals surface area contributed by atoms with Crippen LogP contribution in [-0.4, -0.2) is 24.1 Å². The van der Waals surface area contributed by atoms with Crippen LogP contribution < -0.4 is 5.32 Å². The average Bonchev–Trinajstić information content (AvgIpc) is 2.67. The monoisotopic (exact) mass is 221 g/mol. The standard InChI is InChI=1S/C13H19NS/c1-2-15-8-7-14-13-9-11-5-3-4-6-12(11)10-13/h3-6,13-14H,2,7-10H2,1H3. The molecule has 2 heteroatoms. The second kappa shape index (κ2) is 5.57. The van der Waals surface area contributed by atoms with E-state index >= 15 is 0 Å². The number of nitrogens with one attached hydrogen (secondary N) is 1. The molecule has 0 aliphatic heterocycles. The molecule has 1 N–H and O–H groups in total. The minimum absolute atomic E-state index is 0.680. The molecule has 0 aromatic heterocycles. The molecular weight excluding hydrogens is 202 g/mol. The molecule has 0 saturated carbocycles. The molecule has 1 aromatic rings. The first-order valence-corrected chi connectivity index (χ1v) is 6.93. The molecule has 0 atom stereocenters. The molecule has 82 valence electrons. The van der Waals surface area contributed by atoms with Crippen molar-refractivity contribution in [3.8, 4) is 0 Å². The molecule has 1 nitrogen and oxygen atoms in total. The van der Waals surface area contributed by atoms with E-state index in [2.05, 4.69) is 36.5 Å². The van der Waals surface area contributed by atoms with Crippen molar-refractivity contribution in [1.82, 2.24) is 5.32 Å². The van der Waals surface area contributed by atoms with Gasteiger partial charge in [0, 0.05) is 18.3 Å². The Morgan fingerprint density at radius 1 is 1.27 bits per heavy atom. The van der Waals surface area contributed by atoms with Gasteiger partial charge >= 0.3 is 0 Å². The van der Waals surface area contributed by atoms with E-state index < -0.39 is 0 Å². The van der Waals surface area contributed by atoms with E-state index in [1.54, 1.807) is 0 Å². The van der Waals surface area contributed by atoms with Crippen molar-refractivity contribution in [3.05, 3.63) is 35.4 Å². The Balaban J connectivity index is 1.76. The van der Waals surface area contributed by atoms with Crippen LogP contribution in [-0.2, 0) is 12.8 Å². The number of hydrogen-bond donors (Lipinski definition) is 1.